The minimum absolute atomic E-state index is 0.0231. The molecule has 0 saturated carbocycles. The van der Waals surface area contributed by atoms with E-state index in [-0.39, 0.29) is 25.7 Å². The van der Waals surface area contributed by atoms with Crippen LogP contribution in [0.15, 0.2) is 121 Å². The molecule has 0 aliphatic carbocycles. The van der Waals surface area contributed by atoms with Gasteiger partial charge in [0.15, 0.2) is 0 Å². The largest absolute Gasteiger partial charge is 0.480 e. The molecule has 268 valence electrons. The van der Waals surface area contributed by atoms with Crippen LogP contribution in [0.3, 0.4) is 0 Å². The van der Waals surface area contributed by atoms with Gasteiger partial charge in [-0.25, -0.2) is 4.79 Å². The molecule has 4 aromatic carbocycles. The Hall–Kier alpha value is -6.27. The molecule has 5 rings (SSSR count). The van der Waals surface area contributed by atoms with Gasteiger partial charge >= 0.3 is 5.97 Å². The molecule has 4 atom stereocenters. The molecule has 1 heterocycles. The molecule has 8 N–H and O–H groups in total. The van der Waals surface area contributed by atoms with Crippen molar-refractivity contribution < 1.29 is 29.1 Å². The third-order valence-electron chi connectivity index (χ3n) is 8.62. The van der Waals surface area contributed by atoms with Gasteiger partial charge in [-0.3, -0.25) is 19.2 Å². The molecule has 12 nitrogen and oxygen atoms in total. The Kier molecular flexibility index (Phi) is 12.9. The first-order chi connectivity index (χ1) is 25.2. The number of aromatic nitrogens is 1. The van der Waals surface area contributed by atoms with Gasteiger partial charge in [-0.05, 0) is 34.7 Å². The Morgan fingerprint density at radius 1 is 0.577 bits per heavy atom. The Morgan fingerprint density at radius 3 is 1.65 bits per heavy atom. The van der Waals surface area contributed by atoms with Crippen molar-refractivity contribution in [1.29, 1.82) is 0 Å². The Labute approximate surface area is 301 Å². The van der Waals surface area contributed by atoms with Gasteiger partial charge in [0.25, 0.3) is 0 Å². The molecule has 0 spiro atoms. The van der Waals surface area contributed by atoms with Crippen molar-refractivity contribution in [2.24, 2.45) is 5.73 Å². The van der Waals surface area contributed by atoms with Crippen LogP contribution in [0.25, 0.3) is 10.9 Å². The second kappa shape index (κ2) is 18.1. The molecule has 0 radical (unpaired) electrons. The maximum absolute atomic E-state index is 13.9. The lowest BCUT2D eigenvalue weighted by molar-refractivity contribution is -0.141. The number of aromatic amines is 1. The summed E-state index contributed by atoms with van der Waals surface area (Å²) in [6.07, 6.45) is 2.20. The number of para-hydroxylation sites is 1. The summed E-state index contributed by atoms with van der Waals surface area (Å²) in [5.74, 6) is -3.75. The van der Waals surface area contributed by atoms with Crippen LogP contribution in [-0.4, -0.2) is 70.4 Å². The van der Waals surface area contributed by atoms with E-state index in [2.05, 4.69) is 26.3 Å². The van der Waals surface area contributed by atoms with E-state index in [1.54, 1.807) is 30.5 Å². The summed E-state index contributed by atoms with van der Waals surface area (Å²) < 4.78 is 0. The average Bonchev–Trinajstić information content (AvgIpc) is 3.56. The van der Waals surface area contributed by atoms with Crippen LogP contribution in [0.5, 0.6) is 0 Å². The quantitative estimate of drug-likeness (QED) is 0.0773. The Bertz CT molecular complexity index is 1970. The van der Waals surface area contributed by atoms with Gasteiger partial charge in [0.05, 0.1) is 12.6 Å². The highest BCUT2D eigenvalue weighted by Gasteiger charge is 2.29. The third-order valence-corrected chi connectivity index (χ3v) is 8.62. The normalized spacial score (nSPS) is 13.2. The molecule has 0 bridgehead atoms. The van der Waals surface area contributed by atoms with Crippen LogP contribution in [0.4, 0.5) is 0 Å². The molecule has 0 unspecified atom stereocenters. The lowest BCUT2D eigenvalue weighted by Gasteiger charge is -2.24. The van der Waals surface area contributed by atoms with Crippen molar-refractivity contribution >= 4 is 40.5 Å². The van der Waals surface area contributed by atoms with Crippen molar-refractivity contribution in [2.45, 2.75) is 49.9 Å². The second-order valence-corrected chi connectivity index (χ2v) is 12.5. The van der Waals surface area contributed by atoms with E-state index in [1.165, 1.54) is 0 Å². The molecular formula is C40H42N6O6. The van der Waals surface area contributed by atoms with Crippen LogP contribution < -0.4 is 27.0 Å². The molecule has 0 saturated heterocycles. The van der Waals surface area contributed by atoms with Crippen molar-refractivity contribution in [3.05, 3.63) is 144 Å². The predicted molar refractivity (Wildman–Crippen MR) is 197 cm³/mol. The van der Waals surface area contributed by atoms with E-state index < -0.39 is 60.3 Å². The number of H-pyrrole nitrogens is 1. The molecule has 1 aromatic heterocycles. The van der Waals surface area contributed by atoms with Crippen LogP contribution in [-0.2, 0) is 49.7 Å². The lowest BCUT2D eigenvalue weighted by Crippen LogP contribution is -2.57. The highest BCUT2D eigenvalue weighted by Crippen LogP contribution is 2.19. The monoisotopic (exact) mass is 702 g/mol. The highest BCUT2D eigenvalue weighted by molar-refractivity contribution is 5.95. The first-order valence-corrected chi connectivity index (χ1v) is 17.0. The topological polar surface area (TPSA) is 196 Å². The average molecular weight is 703 g/mol. The summed E-state index contributed by atoms with van der Waals surface area (Å²) in [6, 6.07) is 30.5. The summed E-state index contributed by atoms with van der Waals surface area (Å²) in [5, 5.41) is 21.3. The smallest absolute Gasteiger partial charge is 0.326 e. The van der Waals surface area contributed by atoms with E-state index in [1.807, 2.05) is 91.0 Å². The fourth-order valence-electron chi connectivity index (χ4n) is 5.89. The number of nitrogens with two attached hydrogens (primary N) is 1. The van der Waals surface area contributed by atoms with Gasteiger partial charge in [-0.1, -0.05) is 109 Å². The first-order valence-electron chi connectivity index (χ1n) is 17.0. The Morgan fingerprint density at radius 2 is 1.08 bits per heavy atom. The van der Waals surface area contributed by atoms with Crippen LogP contribution >= 0.6 is 0 Å². The van der Waals surface area contributed by atoms with E-state index in [9.17, 15) is 29.1 Å². The number of benzene rings is 4. The predicted octanol–water partition coefficient (Wildman–Crippen LogP) is 2.42. The van der Waals surface area contributed by atoms with Crippen molar-refractivity contribution in [3.8, 4) is 0 Å². The zero-order valence-electron chi connectivity index (χ0n) is 28.5. The number of carbonyl (C=O) groups is 5. The zero-order valence-corrected chi connectivity index (χ0v) is 28.5. The number of amides is 4. The summed E-state index contributed by atoms with van der Waals surface area (Å²) >= 11 is 0. The SMILES string of the molecule is N[C@@H](Cc1ccccc1)C(=O)N[C@@H](Cc1ccccc1)C(=O)N[C@@H](Cc1ccccc1)C(=O)NCC(=O)N[C@@H](Cc1c[nH]c2ccccc12)C(=O)O. The van der Waals surface area contributed by atoms with Gasteiger partial charge in [0.2, 0.25) is 23.6 Å². The standard InChI is InChI=1S/C40H42N6O6/c41-31(20-26-12-4-1-5-13-26)37(48)45-34(22-28-16-8-3-9-17-28)39(50)46-33(21-27-14-6-2-7-15-27)38(49)43-25-36(47)44-35(40(51)52)23-29-24-42-32-19-11-10-18-30(29)32/h1-19,24,31,33-35,42H,20-23,25,41H2,(H,43,49)(H,44,47)(H,45,48)(H,46,50)(H,51,52)/t31-,33-,34-,35-/m0/s1. The number of hydrogen-bond donors (Lipinski definition) is 7. The number of carbonyl (C=O) groups excluding carboxylic acids is 4. The fourth-order valence-corrected chi connectivity index (χ4v) is 5.89. The summed E-state index contributed by atoms with van der Waals surface area (Å²) in [7, 11) is 0. The molecular weight excluding hydrogens is 660 g/mol. The van der Waals surface area contributed by atoms with Crippen LogP contribution in [0.2, 0.25) is 0 Å². The van der Waals surface area contributed by atoms with E-state index >= 15 is 0 Å². The molecule has 52 heavy (non-hydrogen) atoms. The highest BCUT2D eigenvalue weighted by atomic mass is 16.4. The van der Waals surface area contributed by atoms with Crippen molar-refractivity contribution in [3.63, 3.8) is 0 Å². The lowest BCUT2D eigenvalue weighted by atomic mass is 10.0. The number of aliphatic carboxylic acids is 1. The van der Waals surface area contributed by atoms with E-state index in [0.717, 1.165) is 33.2 Å². The number of hydrogen-bond acceptors (Lipinski definition) is 6. The zero-order chi connectivity index (χ0) is 36.9. The molecule has 5 aromatic rings. The molecule has 4 amide bonds. The Balaban J connectivity index is 1.26. The molecule has 0 aliphatic rings. The fraction of sp³-hybridized carbons (Fsp3) is 0.225. The molecule has 0 aliphatic heterocycles. The van der Waals surface area contributed by atoms with Gasteiger partial charge in [-0.2, -0.15) is 0 Å². The van der Waals surface area contributed by atoms with Crippen LogP contribution in [0, 0.1) is 0 Å². The number of carboxylic acids is 1. The number of fused-ring (bicyclic) bond motifs is 1. The van der Waals surface area contributed by atoms with Crippen LogP contribution in [0.1, 0.15) is 22.3 Å². The van der Waals surface area contributed by atoms with Gasteiger partial charge in [-0.15, -0.1) is 0 Å². The minimum Gasteiger partial charge on any atom is -0.480 e. The first kappa shape index (κ1) is 37.0. The second-order valence-electron chi connectivity index (χ2n) is 12.5. The number of carboxylic acid groups (broad SMARTS) is 1. The maximum atomic E-state index is 13.9. The summed E-state index contributed by atoms with van der Waals surface area (Å²) in [4.78, 5) is 68.8. The van der Waals surface area contributed by atoms with E-state index in [4.69, 9.17) is 5.73 Å². The van der Waals surface area contributed by atoms with Crippen molar-refractivity contribution in [1.82, 2.24) is 26.3 Å². The minimum atomic E-state index is -1.25. The van der Waals surface area contributed by atoms with Gasteiger partial charge < -0.3 is 37.1 Å². The number of nitrogens with one attached hydrogen (secondary N) is 5. The summed E-state index contributed by atoms with van der Waals surface area (Å²) in [5.41, 5.74) is 10.2. The van der Waals surface area contributed by atoms with Gasteiger partial charge in [0.1, 0.15) is 18.1 Å². The number of rotatable bonds is 17. The molecule has 0 fully saturated rings. The van der Waals surface area contributed by atoms with Gasteiger partial charge in [0, 0.05) is 36.4 Å². The molecule has 12 heteroatoms. The maximum Gasteiger partial charge on any atom is 0.326 e. The van der Waals surface area contributed by atoms with E-state index in [0.29, 0.717) is 0 Å². The third kappa shape index (κ3) is 10.6. The van der Waals surface area contributed by atoms with Crippen molar-refractivity contribution in [2.75, 3.05) is 6.54 Å². The summed E-state index contributed by atoms with van der Waals surface area (Å²) in [6.45, 7) is -0.532.